The molecule has 246 valence electrons. The number of rotatable bonds is 8. The number of nitrogen functional groups attached to an aromatic ring is 1. The predicted molar refractivity (Wildman–Crippen MR) is 175 cm³/mol. The maximum Gasteiger partial charge on any atom is 0.338 e. The fourth-order valence-corrected chi connectivity index (χ4v) is 5.64. The predicted octanol–water partition coefficient (Wildman–Crippen LogP) is 4.83. The molecule has 13 nitrogen and oxygen atoms in total. The lowest BCUT2D eigenvalue weighted by Gasteiger charge is -2.33. The zero-order chi connectivity index (χ0) is 34.2. The summed E-state index contributed by atoms with van der Waals surface area (Å²) in [5.74, 6) is -2.00. The van der Waals surface area contributed by atoms with Gasteiger partial charge in [-0.1, -0.05) is 65.3 Å². The van der Waals surface area contributed by atoms with Gasteiger partial charge < -0.3 is 24.7 Å². The van der Waals surface area contributed by atoms with Gasteiger partial charge in [-0.15, -0.1) is 10.2 Å². The lowest BCUT2D eigenvalue weighted by Crippen LogP contribution is -2.50. The number of ether oxygens (including phenoxy) is 4. The van der Waals surface area contributed by atoms with Crippen molar-refractivity contribution in [2.75, 3.05) is 12.3 Å². The van der Waals surface area contributed by atoms with Crippen LogP contribution in [-0.4, -0.2) is 67.1 Å². The molecule has 0 unspecified atom stereocenters. The Morgan fingerprint density at radius 1 is 0.854 bits per heavy atom. The Bertz CT molecular complexity index is 2060. The summed E-state index contributed by atoms with van der Waals surface area (Å²) in [7, 11) is 0. The highest BCUT2D eigenvalue weighted by Gasteiger charge is 2.61. The quantitative estimate of drug-likeness (QED) is 0.131. The highest BCUT2D eigenvalue weighted by atomic mass is 32.1. The summed E-state index contributed by atoms with van der Waals surface area (Å²) >= 11 is 5.33. The normalized spacial score (nSPS) is 20.4. The van der Waals surface area contributed by atoms with Crippen LogP contribution in [0.5, 0.6) is 0 Å². The van der Waals surface area contributed by atoms with Crippen LogP contribution >= 0.6 is 12.2 Å². The summed E-state index contributed by atoms with van der Waals surface area (Å²) in [6.45, 7) is 6.86. The van der Waals surface area contributed by atoms with Gasteiger partial charge in [-0.2, -0.15) is 4.98 Å². The molecule has 0 aliphatic carbocycles. The van der Waals surface area contributed by atoms with Gasteiger partial charge in [0.25, 0.3) is 0 Å². The number of esters is 3. The molecule has 1 saturated heterocycles. The number of benzene rings is 3. The van der Waals surface area contributed by atoms with E-state index in [2.05, 4.69) is 20.3 Å². The number of anilines is 1. The average Bonchev–Trinajstić information content (AvgIpc) is 3.59. The van der Waals surface area contributed by atoms with Gasteiger partial charge in [0.2, 0.25) is 11.6 Å². The number of fused-ring (bicyclic) bond motifs is 1. The van der Waals surface area contributed by atoms with Crippen molar-refractivity contribution in [3.05, 3.63) is 117 Å². The van der Waals surface area contributed by atoms with Crippen molar-refractivity contribution in [3.63, 3.8) is 0 Å². The first-order chi connectivity index (χ1) is 22.9. The molecule has 2 aromatic heterocycles. The smallest absolute Gasteiger partial charge is 0.338 e. The molecular formula is C34H32N6O7S. The van der Waals surface area contributed by atoms with Gasteiger partial charge in [0.1, 0.15) is 12.7 Å². The minimum Gasteiger partial charge on any atom is -0.459 e. The van der Waals surface area contributed by atoms with Crippen LogP contribution in [0.15, 0.2) is 72.8 Å². The Morgan fingerprint density at radius 3 is 1.94 bits per heavy atom. The van der Waals surface area contributed by atoms with Crippen molar-refractivity contribution in [1.29, 1.82) is 0 Å². The van der Waals surface area contributed by atoms with Gasteiger partial charge in [-0.05, 0) is 64.1 Å². The largest absolute Gasteiger partial charge is 0.459 e. The highest BCUT2D eigenvalue weighted by Crippen LogP contribution is 2.46. The van der Waals surface area contributed by atoms with E-state index in [0.717, 1.165) is 16.7 Å². The van der Waals surface area contributed by atoms with E-state index in [0.29, 0.717) is 5.56 Å². The molecule has 1 fully saturated rings. The molecule has 1 aliphatic rings. The van der Waals surface area contributed by atoms with E-state index in [1.54, 1.807) is 79.7 Å². The molecule has 14 heteroatoms. The molecule has 1 aliphatic heterocycles. The molecular weight excluding hydrogens is 636 g/mol. The molecule has 3 aromatic carbocycles. The number of hydrogen-bond acceptors (Lipinski definition) is 12. The number of hydrogen-bond donors (Lipinski definition) is 2. The first-order valence-electron chi connectivity index (χ1n) is 15.0. The standard InChI is InChI=1S/C34H32N6O7S/c1-18-5-11-21(12-6-18)30(41)44-17-24-25(46-31(42)22-13-7-19(2)8-14-22)34(4,47-32(43)23-15-9-20(3)10-16-23)26(45-24)27-37-38-28-29(48)36-33(35)39-40(27)28/h5-16,24-26H,17H2,1-4H3,(H3,35,36,39,48)/t24-,25-,26+,34-/m1/s1. The zero-order valence-corrected chi connectivity index (χ0v) is 27.3. The number of aromatic amines is 1. The summed E-state index contributed by atoms with van der Waals surface area (Å²) in [6.07, 6.45) is -3.69. The van der Waals surface area contributed by atoms with Crippen LogP contribution in [0.2, 0.25) is 0 Å². The number of carbonyl (C=O) groups excluding carboxylic acids is 3. The molecule has 3 heterocycles. The lowest BCUT2D eigenvalue weighted by atomic mass is 9.91. The molecule has 3 N–H and O–H groups in total. The molecule has 0 saturated carbocycles. The third-order valence-corrected chi connectivity index (χ3v) is 8.36. The first-order valence-corrected chi connectivity index (χ1v) is 15.4. The van der Waals surface area contributed by atoms with E-state index in [-0.39, 0.29) is 39.8 Å². The Morgan fingerprint density at radius 2 is 1.38 bits per heavy atom. The van der Waals surface area contributed by atoms with E-state index in [9.17, 15) is 14.4 Å². The number of nitrogens with two attached hydrogens (primary N) is 1. The van der Waals surface area contributed by atoms with Crippen LogP contribution in [0.1, 0.15) is 66.6 Å². The number of nitrogens with zero attached hydrogens (tertiary/aromatic N) is 4. The Hall–Kier alpha value is -5.47. The van der Waals surface area contributed by atoms with Crippen LogP contribution in [0, 0.1) is 25.4 Å². The van der Waals surface area contributed by atoms with Crippen molar-refractivity contribution in [1.82, 2.24) is 24.8 Å². The molecule has 0 amide bonds. The fraction of sp³-hybridized carbons (Fsp3) is 0.265. The van der Waals surface area contributed by atoms with E-state index in [1.807, 2.05) is 20.8 Å². The Labute approximate surface area is 280 Å². The molecule has 0 spiro atoms. The fourth-order valence-electron chi connectivity index (χ4n) is 5.41. The number of aryl methyl sites for hydroxylation is 3. The minimum absolute atomic E-state index is 0.0316. The summed E-state index contributed by atoms with van der Waals surface area (Å²) in [5, 5.41) is 11.3. The number of nitrogens with one attached hydrogen (secondary N) is 1. The van der Waals surface area contributed by atoms with E-state index >= 15 is 0 Å². The SMILES string of the molecule is Cc1ccc(C(=O)OC[C@H]2O[C@@H](c3nnc4c(=S)nc(N)[nH]n34)[C@](C)(OC(=O)c3ccc(C)cc3)[C@@H]2OC(=O)c2ccc(C)cc2)cc1. The third-order valence-electron chi connectivity index (χ3n) is 8.08. The number of carbonyl (C=O) groups is 3. The van der Waals surface area contributed by atoms with Gasteiger partial charge in [-0.3, -0.25) is 5.10 Å². The van der Waals surface area contributed by atoms with Crippen molar-refractivity contribution >= 4 is 41.7 Å². The van der Waals surface area contributed by atoms with Gasteiger partial charge in [0.05, 0.1) is 16.7 Å². The minimum atomic E-state index is -1.76. The summed E-state index contributed by atoms with van der Waals surface area (Å²) in [6, 6.07) is 20.4. The highest BCUT2D eigenvalue weighted by molar-refractivity contribution is 7.71. The van der Waals surface area contributed by atoms with Crippen molar-refractivity contribution in [3.8, 4) is 0 Å². The van der Waals surface area contributed by atoms with Gasteiger partial charge in [0, 0.05) is 0 Å². The summed E-state index contributed by atoms with van der Waals surface area (Å²) in [5.41, 5.74) is 8.03. The van der Waals surface area contributed by atoms with Crippen LogP contribution in [-0.2, 0) is 18.9 Å². The Kier molecular flexibility index (Phi) is 8.77. The van der Waals surface area contributed by atoms with Crippen molar-refractivity contribution in [2.45, 2.75) is 51.6 Å². The second-order valence-electron chi connectivity index (χ2n) is 11.8. The summed E-state index contributed by atoms with van der Waals surface area (Å²) in [4.78, 5) is 44.4. The van der Waals surface area contributed by atoms with Gasteiger partial charge >= 0.3 is 17.9 Å². The molecule has 6 rings (SSSR count). The molecule has 0 radical (unpaired) electrons. The molecule has 48 heavy (non-hydrogen) atoms. The van der Waals surface area contributed by atoms with E-state index in [1.165, 1.54) is 4.52 Å². The number of H-pyrrole nitrogens is 1. The molecule has 0 bridgehead atoms. The van der Waals surface area contributed by atoms with Crippen LogP contribution in [0.3, 0.4) is 0 Å². The lowest BCUT2D eigenvalue weighted by molar-refractivity contribution is -0.0908. The zero-order valence-electron chi connectivity index (χ0n) is 26.5. The van der Waals surface area contributed by atoms with Crippen LogP contribution in [0.4, 0.5) is 5.95 Å². The van der Waals surface area contributed by atoms with E-state index < -0.39 is 41.8 Å². The summed E-state index contributed by atoms with van der Waals surface area (Å²) < 4.78 is 25.9. The molecule has 4 atom stereocenters. The Balaban J connectivity index is 1.43. The van der Waals surface area contributed by atoms with Crippen molar-refractivity contribution in [2.24, 2.45) is 0 Å². The first kappa shape index (κ1) is 32.5. The third kappa shape index (κ3) is 6.39. The maximum atomic E-state index is 13.7. The van der Waals surface area contributed by atoms with Gasteiger partial charge in [-0.25, -0.2) is 18.9 Å². The second-order valence-corrected chi connectivity index (χ2v) is 12.2. The van der Waals surface area contributed by atoms with Crippen LogP contribution < -0.4 is 5.73 Å². The second kappa shape index (κ2) is 13.0. The number of aromatic nitrogens is 5. The monoisotopic (exact) mass is 668 g/mol. The van der Waals surface area contributed by atoms with Crippen molar-refractivity contribution < 1.29 is 33.3 Å². The maximum absolute atomic E-state index is 13.7. The topological polar surface area (TPSA) is 173 Å². The van der Waals surface area contributed by atoms with Gasteiger partial charge in [0.15, 0.2) is 28.3 Å². The van der Waals surface area contributed by atoms with E-state index in [4.69, 9.17) is 36.9 Å². The average molecular weight is 669 g/mol. The molecule has 5 aromatic rings. The van der Waals surface area contributed by atoms with Crippen LogP contribution in [0.25, 0.3) is 5.65 Å².